The number of aromatic nitrogens is 3. The maximum atomic E-state index is 12.1. The Labute approximate surface area is 127 Å². The van der Waals surface area contributed by atoms with Crippen molar-refractivity contribution in [2.45, 2.75) is 39.2 Å². The van der Waals surface area contributed by atoms with Gasteiger partial charge in [0.1, 0.15) is 5.69 Å². The first kappa shape index (κ1) is 14.3. The van der Waals surface area contributed by atoms with Crippen LogP contribution in [0.1, 0.15) is 43.1 Å². The molecule has 0 aromatic carbocycles. The number of ether oxygens (including phenoxy) is 1. The maximum Gasteiger partial charge on any atom is 0.361 e. The van der Waals surface area contributed by atoms with Gasteiger partial charge in [0.05, 0.1) is 11.5 Å². The van der Waals surface area contributed by atoms with Gasteiger partial charge in [0.15, 0.2) is 5.69 Å². The largest absolute Gasteiger partial charge is 0.461 e. The normalized spacial score (nSPS) is 15.5. The highest BCUT2D eigenvalue weighted by Crippen LogP contribution is 2.31. The smallest absolute Gasteiger partial charge is 0.361 e. The second kappa shape index (κ2) is 6.39. The zero-order valence-electron chi connectivity index (χ0n) is 12.1. The Balaban J connectivity index is 1.94. The number of thiophene rings is 1. The molecule has 1 aliphatic carbocycles. The zero-order valence-corrected chi connectivity index (χ0v) is 12.9. The Morgan fingerprint density at radius 2 is 2.29 bits per heavy atom. The summed E-state index contributed by atoms with van der Waals surface area (Å²) in [5, 5.41) is 10.3. The van der Waals surface area contributed by atoms with Gasteiger partial charge in [0, 0.05) is 6.54 Å². The standard InChI is InChI=1S/C15H19N3O2S/c1-2-20-15(19)13-14(12-8-5-9-21-12)18(17-16-13)10-11-6-3-4-7-11/h5,8-9,11H,2-4,6-7,10H2,1H3. The molecule has 0 unspecified atom stereocenters. The summed E-state index contributed by atoms with van der Waals surface area (Å²) in [5.41, 5.74) is 1.13. The highest BCUT2D eigenvalue weighted by Gasteiger charge is 2.25. The van der Waals surface area contributed by atoms with Crippen LogP contribution in [-0.4, -0.2) is 27.6 Å². The maximum absolute atomic E-state index is 12.1. The van der Waals surface area contributed by atoms with Crippen LogP contribution in [0.2, 0.25) is 0 Å². The van der Waals surface area contributed by atoms with E-state index in [-0.39, 0.29) is 0 Å². The summed E-state index contributed by atoms with van der Waals surface area (Å²) in [4.78, 5) is 13.1. The van der Waals surface area contributed by atoms with Crippen LogP contribution >= 0.6 is 11.3 Å². The summed E-state index contributed by atoms with van der Waals surface area (Å²) in [6.07, 6.45) is 5.05. The number of rotatable bonds is 5. The molecule has 2 aromatic heterocycles. The minimum atomic E-state index is -0.390. The van der Waals surface area contributed by atoms with Crippen molar-refractivity contribution in [2.24, 2.45) is 5.92 Å². The van der Waals surface area contributed by atoms with E-state index < -0.39 is 5.97 Å². The zero-order chi connectivity index (χ0) is 14.7. The lowest BCUT2D eigenvalue weighted by molar-refractivity contribution is 0.0520. The third kappa shape index (κ3) is 3.00. The monoisotopic (exact) mass is 305 g/mol. The molecular formula is C15H19N3O2S. The van der Waals surface area contributed by atoms with Crippen molar-refractivity contribution in [1.82, 2.24) is 15.0 Å². The third-order valence-corrected chi connectivity index (χ3v) is 4.74. The van der Waals surface area contributed by atoms with Crippen LogP contribution in [0.25, 0.3) is 10.6 Å². The number of hydrogen-bond donors (Lipinski definition) is 0. The molecular weight excluding hydrogens is 286 g/mol. The van der Waals surface area contributed by atoms with Gasteiger partial charge in [0.2, 0.25) is 0 Å². The van der Waals surface area contributed by atoms with Crippen molar-refractivity contribution >= 4 is 17.3 Å². The molecule has 5 nitrogen and oxygen atoms in total. The van der Waals surface area contributed by atoms with Crippen molar-refractivity contribution in [2.75, 3.05) is 6.61 Å². The van der Waals surface area contributed by atoms with Crippen LogP contribution in [-0.2, 0) is 11.3 Å². The minimum absolute atomic E-state index is 0.331. The molecule has 0 aliphatic heterocycles. The van der Waals surface area contributed by atoms with Crippen LogP contribution in [0.5, 0.6) is 0 Å². The highest BCUT2D eigenvalue weighted by atomic mass is 32.1. The van der Waals surface area contributed by atoms with Crippen molar-refractivity contribution in [3.8, 4) is 10.6 Å². The summed E-state index contributed by atoms with van der Waals surface area (Å²) in [6, 6.07) is 3.97. The van der Waals surface area contributed by atoms with Crippen LogP contribution < -0.4 is 0 Å². The van der Waals surface area contributed by atoms with Gasteiger partial charge in [0.25, 0.3) is 0 Å². The Hall–Kier alpha value is -1.69. The van der Waals surface area contributed by atoms with Crippen molar-refractivity contribution in [3.63, 3.8) is 0 Å². The summed E-state index contributed by atoms with van der Waals surface area (Å²) < 4.78 is 6.98. The van der Waals surface area contributed by atoms with E-state index >= 15 is 0 Å². The predicted molar refractivity (Wildman–Crippen MR) is 81.2 cm³/mol. The molecule has 0 bridgehead atoms. The molecule has 0 saturated heterocycles. The number of carbonyl (C=O) groups is 1. The molecule has 1 saturated carbocycles. The van der Waals surface area contributed by atoms with Gasteiger partial charge < -0.3 is 4.74 Å². The highest BCUT2D eigenvalue weighted by molar-refractivity contribution is 7.13. The molecule has 2 aromatic rings. The van der Waals surface area contributed by atoms with Gasteiger partial charge in [-0.05, 0) is 37.1 Å². The van der Waals surface area contributed by atoms with Crippen molar-refractivity contribution in [3.05, 3.63) is 23.2 Å². The molecule has 0 atom stereocenters. The SMILES string of the molecule is CCOC(=O)c1nnn(CC2CCCC2)c1-c1cccs1. The lowest BCUT2D eigenvalue weighted by Gasteiger charge is -2.11. The Kier molecular flexibility index (Phi) is 4.34. The Bertz CT molecular complexity index is 600. The van der Waals surface area contributed by atoms with E-state index in [4.69, 9.17) is 4.74 Å². The van der Waals surface area contributed by atoms with Crippen LogP contribution in [0, 0.1) is 5.92 Å². The third-order valence-electron chi connectivity index (χ3n) is 3.86. The van der Waals surface area contributed by atoms with E-state index in [1.165, 1.54) is 25.7 Å². The quantitative estimate of drug-likeness (QED) is 0.795. The van der Waals surface area contributed by atoms with Crippen molar-refractivity contribution in [1.29, 1.82) is 0 Å². The Morgan fingerprint density at radius 3 is 2.95 bits per heavy atom. The topological polar surface area (TPSA) is 57.0 Å². The number of carbonyl (C=O) groups excluding carboxylic acids is 1. The molecule has 2 heterocycles. The fraction of sp³-hybridized carbons (Fsp3) is 0.533. The predicted octanol–water partition coefficient (Wildman–Crippen LogP) is 3.37. The lowest BCUT2D eigenvalue weighted by Crippen LogP contribution is -2.11. The second-order valence-electron chi connectivity index (χ2n) is 5.32. The van der Waals surface area contributed by atoms with E-state index in [0.717, 1.165) is 17.1 Å². The molecule has 1 aliphatic rings. The van der Waals surface area contributed by atoms with Crippen molar-refractivity contribution < 1.29 is 9.53 Å². The van der Waals surface area contributed by atoms with E-state index in [2.05, 4.69) is 10.3 Å². The average molecular weight is 305 g/mol. The van der Waals surface area contributed by atoms with E-state index in [9.17, 15) is 4.79 Å². The molecule has 112 valence electrons. The average Bonchev–Trinajstić information content (AvgIpc) is 3.20. The van der Waals surface area contributed by atoms with Gasteiger partial charge >= 0.3 is 5.97 Å². The summed E-state index contributed by atoms with van der Waals surface area (Å²) in [6.45, 7) is 2.98. The van der Waals surface area contributed by atoms with E-state index in [1.54, 1.807) is 18.3 Å². The fourth-order valence-corrected chi connectivity index (χ4v) is 3.65. The first-order valence-electron chi connectivity index (χ1n) is 7.44. The molecule has 0 N–H and O–H groups in total. The van der Waals surface area contributed by atoms with Gasteiger partial charge in [-0.3, -0.25) is 0 Å². The fourth-order valence-electron chi connectivity index (χ4n) is 2.87. The molecule has 0 amide bonds. The second-order valence-corrected chi connectivity index (χ2v) is 6.26. The Morgan fingerprint density at radius 1 is 1.48 bits per heavy atom. The molecule has 21 heavy (non-hydrogen) atoms. The van der Waals surface area contributed by atoms with Crippen LogP contribution in [0.4, 0.5) is 0 Å². The summed E-state index contributed by atoms with van der Waals surface area (Å²) >= 11 is 1.59. The number of nitrogens with zero attached hydrogens (tertiary/aromatic N) is 3. The van der Waals surface area contributed by atoms with Gasteiger partial charge in [-0.1, -0.05) is 24.1 Å². The van der Waals surface area contributed by atoms with Crippen LogP contribution in [0.15, 0.2) is 17.5 Å². The van der Waals surface area contributed by atoms with Gasteiger partial charge in [-0.25, -0.2) is 9.48 Å². The minimum Gasteiger partial charge on any atom is -0.461 e. The van der Waals surface area contributed by atoms with E-state index in [1.807, 2.05) is 22.2 Å². The van der Waals surface area contributed by atoms with Gasteiger partial charge in [-0.2, -0.15) is 0 Å². The van der Waals surface area contributed by atoms with Gasteiger partial charge in [-0.15, -0.1) is 16.4 Å². The summed E-state index contributed by atoms with van der Waals surface area (Å²) in [5.74, 6) is 0.249. The molecule has 6 heteroatoms. The molecule has 0 radical (unpaired) electrons. The number of hydrogen-bond acceptors (Lipinski definition) is 5. The van der Waals surface area contributed by atoms with Crippen LogP contribution in [0.3, 0.4) is 0 Å². The molecule has 3 rings (SSSR count). The first-order valence-corrected chi connectivity index (χ1v) is 8.32. The summed E-state index contributed by atoms with van der Waals surface area (Å²) in [7, 11) is 0. The van der Waals surface area contributed by atoms with E-state index in [0.29, 0.717) is 18.2 Å². The lowest BCUT2D eigenvalue weighted by atomic mass is 10.1. The molecule has 0 spiro atoms. The number of esters is 1. The molecule has 1 fully saturated rings. The first-order chi connectivity index (χ1) is 10.3.